The zero-order valence-electron chi connectivity index (χ0n) is 20.6. The van der Waals surface area contributed by atoms with Crippen molar-refractivity contribution in [3.05, 3.63) is 69.8 Å². The van der Waals surface area contributed by atoms with Crippen molar-refractivity contribution in [1.29, 1.82) is 0 Å². The molecule has 190 valence electrons. The Hall–Kier alpha value is -3.47. The molecule has 11 heteroatoms. The second-order valence-corrected chi connectivity index (χ2v) is 10.5. The van der Waals surface area contributed by atoms with Gasteiger partial charge in [-0.3, -0.25) is 24.0 Å². The first kappa shape index (κ1) is 27.8. The average molecular weight is 505 g/mol. The lowest BCUT2D eigenvalue weighted by molar-refractivity contribution is -0.384. The van der Waals surface area contributed by atoms with Gasteiger partial charge < -0.3 is 10.2 Å². The number of non-ortho nitro benzene ring substituents is 1. The van der Waals surface area contributed by atoms with E-state index in [1.54, 1.807) is 6.92 Å². The number of amides is 2. The quantitative estimate of drug-likeness (QED) is 0.370. The molecule has 35 heavy (non-hydrogen) atoms. The van der Waals surface area contributed by atoms with Gasteiger partial charge in [0.25, 0.3) is 5.69 Å². The predicted molar refractivity (Wildman–Crippen MR) is 134 cm³/mol. The molecule has 0 aliphatic rings. The number of sulfonamides is 1. The molecule has 2 amide bonds. The third-order valence-electron chi connectivity index (χ3n) is 5.65. The molecule has 0 saturated carbocycles. The van der Waals surface area contributed by atoms with Gasteiger partial charge in [-0.1, -0.05) is 42.8 Å². The highest BCUT2D eigenvalue weighted by Crippen LogP contribution is 2.24. The number of carbonyl (C=O) groups is 2. The summed E-state index contributed by atoms with van der Waals surface area (Å²) in [6.07, 6.45) is 1.63. The average Bonchev–Trinajstić information content (AvgIpc) is 2.80. The van der Waals surface area contributed by atoms with E-state index in [-0.39, 0.29) is 29.9 Å². The van der Waals surface area contributed by atoms with Crippen LogP contribution in [0.1, 0.15) is 38.3 Å². The fourth-order valence-corrected chi connectivity index (χ4v) is 4.16. The molecule has 0 aromatic heterocycles. The van der Waals surface area contributed by atoms with Gasteiger partial charge in [0.2, 0.25) is 21.8 Å². The number of anilines is 1. The standard InChI is InChI=1S/C24H32N4O6S/c1-6-18(3)25-24(30)19(4)26(15-20-12-10-17(2)11-13-20)23(29)16-27(35(5,33)34)21-8-7-9-22(14-21)28(31)32/h7-14,18-19H,6,15-16H2,1-5H3,(H,25,30)/t18-,19-/m0/s1. The summed E-state index contributed by atoms with van der Waals surface area (Å²) in [7, 11) is -3.97. The fourth-order valence-electron chi connectivity index (χ4n) is 3.31. The summed E-state index contributed by atoms with van der Waals surface area (Å²) < 4.78 is 25.9. The van der Waals surface area contributed by atoms with Gasteiger partial charge in [0, 0.05) is 24.7 Å². The number of carbonyl (C=O) groups excluding carboxylic acids is 2. The molecule has 0 spiro atoms. The Morgan fingerprint density at radius 2 is 1.74 bits per heavy atom. The van der Waals surface area contributed by atoms with E-state index in [9.17, 15) is 28.1 Å². The maximum atomic E-state index is 13.5. The molecule has 1 N–H and O–H groups in total. The summed E-state index contributed by atoms with van der Waals surface area (Å²) in [6.45, 7) is 6.76. The van der Waals surface area contributed by atoms with Crippen LogP contribution in [0.5, 0.6) is 0 Å². The van der Waals surface area contributed by atoms with E-state index in [1.165, 1.54) is 23.1 Å². The number of nitrogens with one attached hydrogen (secondary N) is 1. The van der Waals surface area contributed by atoms with Gasteiger partial charge >= 0.3 is 0 Å². The van der Waals surface area contributed by atoms with E-state index in [1.807, 2.05) is 45.0 Å². The Kier molecular flexibility index (Phi) is 9.35. The van der Waals surface area contributed by atoms with Crippen LogP contribution in [0.4, 0.5) is 11.4 Å². The first-order valence-electron chi connectivity index (χ1n) is 11.2. The normalized spacial score (nSPS) is 12.9. The van der Waals surface area contributed by atoms with Crippen LogP contribution in [0.2, 0.25) is 0 Å². The topological polar surface area (TPSA) is 130 Å². The van der Waals surface area contributed by atoms with E-state index in [4.69, 9.17) is 0 Å². The molecule has 2 rings (SSSR count). The van der Waals surface area contributed by atoms with Gasteiger partial charge in [-0.25, -0.2) is 8.42 Å². The van der Waals surface area contributed by atoms with Gasteiger partial charge in [0.05, 0.1) is 16.9 Å². The number of hydrogen-bond acceptors (Lipinski definition) is 6. The molecule has 0 bridgehead atoms. The summed E-state index contributed by atoms with van der Waals surface area (Å²) in [4.78, 5) is 38.2. The molecule has 0 radical (unpaired) electrons. The summed E-state index contributed by atoms with van der Waals surface area (Å²) in [5, 5.41) is 14.0. The molecule has 0 aliphatic carbocycles. The second-order valence-electron chi connectivity index (χ2n) is 8.55. The minimum absolute atomic E-state index is 0.0120. The summed E-state index contributed by atoms with van der Waals surface area (Å²) >= 11 is 0. The Morgan fingerprint density at radius 1 is 1.11 bits per heavy atom. The highest BCUT2D eigenvalue weighted by molar-refractivity contribution is 7.92. The lowest BCUT2D eigenvalue weighted by atomic mass is 10.1. The molecule has 2 atom stereocenters. The van der Waals surface area contributed by atoms with Crippen molar-refractivity contribution in [2.24, 2.45) is 0 Å². The van der Waals surface area contributed by atoms with Gasteiger partial charge in [-0.15, -0.1) is 0 Å². The first-order chi connectivity index (χ1) is 16.3. The molecule has 2 aromatic rings. The number of nitro groups is 1. The molecular weight excluding hydrogens is 472 g/mol. The largest absolute Gasteiger partial charge is 0.352 e. The van der Waals surface area contributed by atoms with Crippen LogP contribution in [-0.2, 0) is 26.2 Å². The zero-order valence-corrected chi connectivity index (χ0v) is 21.4. The van der Waals surface area contributed by atoms with Gasteiger partial charge in [0.15, 0.2) is 0 Å². The molecule has 10 nitrogen and oxygen atoms in total. The Balaban J connectivity index is 2.41. The van der Waals surface area contributed by atoms with E-state index in [0.29, 0.717) is 6.42 Å². The number of aryl methyl sites for hydroxylation is 1. The molecule has 0 unspecified atom stereocenters. The van der Waals surface area contributed by atoms with Gasteiger partial charge in [-0.2, -0.15) is 0 Å². The fraction of sp³-hybridized carbons (Fsp3) is 0.417. The minimum Gasteiger partial charge on any atom is -0.352 e. The van der Waals surface area contributed by atoms with E-state index in [0.717, 1.165) is 27.8 Å². The molecule has 0 fully saturated rings. The number of hydrogen-bond donors (Lipinski definition) is 1. The molecule has 0 aliphatic heterocycles. The number of benzene rings is 2. The van der Waals surface area contributed by atoms with E-state index in [2.05, 4.69) is 5.32 Å². The van der Waals surface area contributed by atoms with Crippen LogP contribution in [0.15, 0.2) is 48.5 Å². The van der Waals surface area contributed by atoms with Crippen LogP contribution in [0, 0.1) is 17.0 Å². The Labute approximate surface area is 206 Å². The Morgan fingerprint density at radius 3 is 2.29 bits per heavy atom. The van der Waals surface area contributed by atoms with Crippen LogP contribution in [0.25, 0.3) is 0 Å². The molecular formula is C24H32N4O6S. The van der Waals surface area contributed by atoms with Gasteiger partial charge in [-0.05, 0) is 38.8 Å². The van der Waals surface area contributed by atoms with Crippen LogP contribution in [-0.4, -0.2) is 54.9 Å². The van der Waals surface area contributed by atoms with Crippen molar-refractivity contribution in [3.63, 3.8) is 0 Å². The number of rotatable bonds is 11. The van der Waals surface area contributed by atoms with Crippen LogP contribution in [0.3, 0.4) is 0 Å². The molecule has 0 heterocycles. The zero-order chi connectivity index (χ0) is 26.3. The minimum atomic E-state index is -3.97. The van der Waals surface area contributed by atoms with E-state index < -0.39 is 33.4 Å². The van der Waals surface area contributed by atoms with Crippen molar-refractivity contribution in [2.45, 2.75) is 52.7 Å². The predicted octanol–water partition coefficient (Wildman–Crippen LogP) is 3.00. The number of nitrogens with zero attached hydrogens (tertiary/aromatic N) is 3. The third-order valence-corrected chi connectivity index (χ3v) is 6.79. The van der Waals surface area contributed by atoms with Crippen molar-refractivity contribution >= 4 is 33.2 Å². The monoisotopic (exact) mass is 504 g/mol. The Bertz CT molecular complexity index is 1170. The molecule has 2 aromatic carbocycles. The highest BCUT2D eigenvalue weighted by atomic mass is 32.2. The van der Waals surface area contributed by atoms with Crippen molar-refractivity contribution < 1.29 is 22.9 Å². The molecule has 0 saturated heterocycles. The van der Waals surface area contributed by atoms with E-state index >= 15 is 0 Å². The smallest absolute Gasteiger partial charge is 0.271 e. The van der Waals surface area contributed by atoms with Crippen molar-refractivity contribution in [2.75, 3.05) is 17.1 Å². The maximum absolute atomic E-state index is 13.5. The summed E-state index contributed by atoms with van der Waals surface area (Å²) in [6, 6.07) is 11.5. The number of nitro benzene ring substituents is 1. The SMILES string of the molecule is CC[C@H](C)NC(=O)[C@H](C)N(Cc1ccc(C)cc1)C(=O)CN(c1cccc([N+](=O)[O-])c1)S(C)(=O)=O. The lowest BCUT2D eigenvalue weighted by Crippen LogP contribution is -2.52. The summed E-state index contributed by atoms with van der Waals surface area (Å²) in [5.74, 6) is -0.977. The second kappa shape index (κ2) is 11.8. The third kappa shape index (κ3) is 7.78. The van der Waals surface area contributed by atoms with Crippen LogP contribution < -0.4 is 9.62 Å². The highest BCUT2D eigenvalue weighted by Gasteiger charge is 2.30. The summed E-state index contributed by atoms with van der Waals surface area (Å²) in [5.41, 5.74) is 1.49. The van der Waals surface area contributed by atoms with Crippen LogP contribution >= 0.6 is 0 Å². The first-order valence-corrected chi connectivity index (χ1v) is 13.1. The van der Waals surface area contributed by atoms with Crippen molar-refractivity contribution in [1.82, 2.24) is 10.2 Å². The lowest BCUT2D eigenvalue weighted by Gasteiger charge is -2.32. The van der Waals surface area contributed by atoms with Gasteiger partial charge in [0.1, 0.15) is 12.6 Å². The van der Waals surface area contributed by atoms with Crippen molar-refractivity contribution in [3.8, 4) is 0 Å². The maximum Gasteiger partial charge on any atom is 0.271 e.